The van der Waals surface area contributed by atoms with Gasteiger partial charge < -0.3 is 11.0 Å². The van der Waals surface area contributed by atoms with Crippen molar-refractivity contribution in [1.29, 1.82) is 0 Å². The van der Waals surface area contributed by atoms with E-state index in [1.807, 2.05) is 0 Å². The highest BCUT2D eigenvalue weighted by atomic mass is 19.2. The Morgan fingerprint density at radius 2 is 0.474 bits per heavy atom. The molecule has 0 aliphatic heterocycles. The SMILES string of the molecule is C/C=C/C1CCC(C2CCC(C)CC2)CC1.C=CC1CCC(C2CCC(C)CC2)CC1.C=CC1CCC(C2CCC(C3CCC(C)CC3)CC2)CC1.C=CC1CCC(C2CCC(C3CCC(F)C(F)C3)CC2)CC1.O.O.[HH].[HH].[HH].[HH].[HH].[HH].[HH].[HH]. The summed E-state index contributed by atoms with van der Waals surface area (Å²) in [6, 6.07) is 0. The van der Waals surface area contributed by atoms with Crippen molar-refractivity contribution in [2.75, 3.05) is 0 Å². The van der Waals surface area contributed by atoms with Crippen molar-refractivity contribution in [2.24, 2.45) is 112 Å². The van der Waals surface area contributed by atoms with E-state index in [1.54, 1.807) is 38.5 Å². The van der Waals surface area contributed by atoms with Gasteiger partial charge >= 0.3 is 0 Å². The summed E-state index contributed by atoms with van der Waals surface area (Å²) in [7, 11) is 0. The highest BCUT2D eigenvalue weighted by molar-refractivity contribution is 4.94. The van der Waals surface area contributed by atoms with Gasteiger partial charge in [-0.2, -0.15) is 0 Å². The van der Waals surface area contributed by atoms with Gasteiger partial charge in [-0.3, -0.25) is 0 Å². The van der Waals surface area contributed by atoms with E-state index >= 15 is 0 Å². The summed E-state index contributed by atoms with van der Waals surface area (Å²) in [5.41, 5.74) is 0. The predicted octanol–water partition coefficient (Wildman–Crippen LogP) is 23.2. The molecule has 4 N–H and O–H groups in total. The fourth-order valence-electron chi connectivity index (χ4n) is 18.6. The quantitative estimate of drug-likeness (QED) is 0.196. The van der Waals surface area contributed by atoms with Crippen LogP contribution in [-0.4, -0.2) is 23.3 Å². The number of alkyl halides is 2. The average Bonchev–Trinajstić information content (AvgIpc) is 3.45. The molecule has 0 aromatic rings. The van der Waals surface area contributed by atoms with Crippen LogP contribution in [0.5, 0.6) is 0 Å². The first kappa shape index (κ1) is 65.5. The van der Waals surface area contributed by atoms with Crippen LogP contribution in [0.3, 0.4) is 0 Å². The van der Waals surface area contributed by atoms with Crippen molar-refractivity contribution in [3.05, 3.63) is 50.1 Å². The normalized spacial score (nSPS) is 43.2. The Morgan fingerprint density at radius 3 is 0.697 bits per heavy atom. The zero-order valence-electron chi connectivity index (χ0n) is 50.5. The second-order valence-corrected chi connectivity index (χ2v) is 28.9. The summed E-state index contributed by atoms with van der Waals surface area (Å²) in [5.74, 6) is 18.0. The lowest BCUT2D eigenvalue weighted by molar-refractivity contribution is 0.0479. The Balaban J connectivity index is -0.000000494. The molecule has 10 saturated carbocycles. The largest absolute Gasteiger partial charge is 0.412 e. The Labute approximate surface area is 482 Å². The van der Waals surface area contributed by atoms with E-state index in [2.05, 4.69) is 77.8 Å². The maximum atomic E-state index is 13.6. The predicted molar refractivity (Wildman–Crippen MR) is 343 cm³/mol. The number of allylic oxidation sites excluding steroid dienone is 5. The van der Waals surface area contributed by atoms with Gasteiger partial charge in [-0.1, -0.05) is 89.7 Å². The average molecular weight is 1080 g/mol. The van der Waals surface area contributed by atoms with Gasteiger partial charge in [0, 0.05) is 11.4 Å². The standard InChI is InChI=1S/C21H36.C20H32F2.C16H28.C15H26.2H2O.8H2/c1-3-17-6-10-19(11-7-17)21-14-12-20(13-15-21)18-8-4-16(2)5-9-18;1-2-14-3-5-15(6-4-14)16-7-9-17(10-8-16)18-11-12-19(21)20(22)13-18;1-3-4-14-7-11-16(12-8-14)15-9-5-13(2)6-10-15;1-3-13-6-10-15(11-7-13)14-8-4-12(2)5-9-14;;;;;;;;;;/h3,16-21H,1,4-15H2,2H3;2,14-20H,1,3-13H2;3-4,13-16H,5-12H2,1-2H3;3,12-15H,1,4-11H2,2H3;2*1H2;8*1H/b;;4-3+;;;;;;;;;;;. The minimum absolute atomic E-state index is 0. The number of hydrogen-bond acceptors (Lipinski definition) is 0. The van der Waals surface area contributed by atoms with Crippen molar-refractivity contribution in [3.63, 3.8) is 0 Å². The van der Waals surface area contributed by atoms with Crippen molar-refractivity contribution < 1.29 is 31.1 Å². The molecule has 3 atom stereocenters. The first-order valence-electron chi connectivity index (χ1n) is 33.8. The minimum Gasteiger partial charge on any atom is -0.412 e. The molecular weight excluding hydrogens is 935 g/mol. The van der Waals surface area contributed by atoms with Crippen LogP contribution in [0.2, 0.25) is 0 Å². The lowest BCUT2D eigenvalue weighted by Gasteiger charge is -2.41. The van der Waals surface area contributed by atoms with Crippen LogP contribution < -0.4 is 0 Å². The molecule has 0 heterocycles. The van der Waals surface area contributed by atoms with Gasteiger partial charge in [0.25, 0.3) is 0 Å². The Kier molecular flexibility index (Phi) is 30.1. The van der Waals surface area contributed by atoms with E-state index in [0.29, 0.717) is 24.7 Å². The van der Waals surface area contributed by atoms with Gasteiger partial charge in [0.2, 0.25) is 0 Å². The van der Waals surface area contributed by atoms with Crippen LogP contribution in [0.15, 0.2) is 50.1 Å². The van der Waals surface area contributed by atoms with E-state index in [0.717, 1.165) is 107 Å². The van der Waals surface area contributed by atoms with Gasteiger partial charge in [0.15, 0.2) is 0 Å². The maximum Gasteiger partial charge on any atom is 0.131 e. The molecule has 10 fully saturated rings. The molecule has 456 valence electrons. The molecule has 0 bridgehead atoms. The fourth-order valence-corrected chi connectivity index (χ4v) is 18.6. The lowest BCUT2D eigenvalue weighted by atomic mass is 9.65. The summed E-state index contributed by atoms with van der Waals surface area (Å²) in [6.45, 7) is 21.3. The number of halogens is 2. The van der Waals surface area contributed by atoms with Crippen molar-refractivity contribution in [2.45, 2.75) is 290 Å². The first-order valence-corrected chi connectivity index (χ1v) is 33.8. The second kappa shape index (κ2) is 34.9. The molecular formula is C72H142F2O2. The van der Waals surface area contributed by atoms with Crippen LogP contribution in [0, 0.1) is 112 Å². The maximum absolute atomic E-state index is 13.6. The van der Waals surface area contributed by atoms with Gasteiger partial charge in [-0.15, -0.1) is 19.7 Å². The molecule has 0 amide bonds. The molecule has 0 saturated heterocycles. The molecule has 10 aliphatic carbocycles. The topological polar surface area (TPSA) is 63.0 Å². The summed E-state index contributed by atoms with van der Waals surface area (Å²) >= 11 is 0. The van der Waals surface area contributed by atoms with E-state index in [4.69, 9.17) is 0 Å². The smallest absolute Gasteiger partial charge is 0.131 e. The summed E-state index contributed by atoms with van der Waals surface area (Å²) < 4.78 is 26.9. The Bertz CT molecular complexity index is 1570. The third-order valence-electron chi connectivity index (χ3n) is 24.3. The molecule has 3 unspecified atom stereocenters. The minimum atomic E-state index is -1.19. The Hall–Kier alpha value is -1.26. The van der Waals surface area contributed by atoms with Crippen molar-refractivity contribution >= 4 is 0 Å². The number of hydrogen-bond donors (Lipinski definition) is 0. The van der Waals surface area contributed by atoms with Gasteiger partial charge in [-0.05, 0) is 331 Å². The van der Waals surface area contributed by atoms with E-state index < -0.39 is 12.3 Å². The van der Waals surface area contributed by atoms with Gasteiger partial charge in [-0.25, -0.2) is 8.78 Å². The molecule has 76 heavy (non-hydrogen) atoms. The van der Waals surface area contributed by atoms with Crippen molar-refractivity contribution in [1.82, 2.24) is 0 Å². The van der Waals surface area contributed by atoms with Crippen LogP contribution in [-0.2, 0) is 0 Å². The van der Waals surface area contributed by atoms with Crippen LogP contribution in [0.4, 0.5) is 8.78 Å². The third-order valence-corrected chi connectivity index (χ3v) is 24.3. The summed E-state index contributed by atoms with van der Waals surface area (Å²) in [4.78, 5) is 0. The molecule has 0 aromatic heterocycles. The third kappa shape index (κ3) is 20.6. The molecule has 0 spiro atoms. The molecule has 0 aromatic carbocycles. The lowest BCUT2D eigenvalue weighted by Crippen LogP contribution is -2.34. The van der Waals surface area contributed by atoms with Crippen LogP contribution in [0.25, 0.3) is 0 Å². The highest BCUT2D eigenvalue weighted by Crippen LogP contribution is 2.49. The summed E-state index contributed by atoms with van der Waals surface area (Å²) in [6.07, 6.45) is 63.3. The zero-order valence-corrected chi connectivity index (χ0v) is 50.5. The molecule has 10 aliphatic rings. The monoisotopic (exact) mass is 1080 g/mol. The molecule has 4 heteroatoms. The molecule has 2 nitrogen and oxygen atoms in total. The summed E-state index contributed by atoms with van der Waals surface area (Å²) in [5, 5.41) is 0. The highest BCUT2D eigenvalue weighted by Gasteiger charge is 2.39. The van der Waals surface area contributed by atoms with Gasteiger partial charge in [0.05, 0.1) is 0 Å². The van der Waals surface area contributed by atoms with E-state index in [1.165, 1.54) is 193 Å². The van der Waals surface area contributed by atoms with Crippen molar-refractivity contribution in [3.8, 4) is 0 Å². The van der Waals surface area contributed by atoms with Crippen LogP contribution >= 0.6 is 0 Å². The Morgan fingerprint density at radius 1 is 0.276 bits per heavy atom. The number of rotatable bonds is 10. The second-order valence-electron chi connectivity index (χ2n) is 28.9. The van der Waals surface area contributed by atoms with Crippen LogP contribution in [0.1, 0.15) is 290 Å². The molecule has 0 radical (unpaired) electrons. The zero-order chi connectivity index (χ0) is 52.2. The van der Waals surface area contributed by atoms with Gasteiger partial charge in [0.1, 0.15) is 12.3 Å². The first-order chi connectivity index (χ1) is 36.0. The fraction of sp³-hybridized carbons (Fsp3) is 0.889. The molecule has 10 rings (SSSR count). The van der Waals surface area contributed by atoms with E-state index in [-0.39, 0.29) is 22.4 Å². The van der Waals surface area contributed by atoms with E-state index in [9.17, 15) is 8.78 Å².